The van der Waals surface area contributed by atoms with Gasteiger partial charge in [0.15, 0.2) is 5.78 Å². The second-order valence-corrected chi connectivity index (χ2v) is 8.00. The molecule has 0 aliphatic carbocycles. The van der Waals surface area contributed by atoms with Gasteiger partial charge in [0.25, 0.3) is 0 Å². The van der Waals surface area contributed by atoms with Gasteiger partial charge in [-0.2, -0.15) is 0 Å². The van der Waals surface area contributed by atoms with Crippen molar-refractivity contribution in [1.82, 2.24) is 0 Å². The summed E-state index contributed by atoms with van der Waals surface area (Å²) in [6, 6.07) is 19.4. The topological polar surface area (TPSA) is 65.0 Å². The lowest BCUT2D eigenvalue weighted by atomic mass is 10.0. The lowest BCUT2D eigenvalue weighted by Gasteiger charge is -2.24. The molecule has 0 unspecified atom stereocenters. The normalized spacial score (nSPS) is 12.4. The van der Waals surface area contributed by atoms with Gasteiger partial charge in [0, 0.05) is 17.5 Å². The Labute approximate surface area is 161 Å². The summed E-state index contributed by atoms with van der Waals surface area (Å²) in [4.78, 5) is 15.8. The van der Waals surface area contributed by atoms with Crippen LogP contribution in [0.3, 0.4) is 0 Å². The van der Waals surface area contributed by atoms with Gasteiger partial charge in [0.1, 0.15) is 6.29 Å². The van der Waals surface area contributed by atoms with E-state index in [0.29, 0.717) is 12.1 Å². The highest BCUT2D eigenvalue weighted by atomic mass is 31.2. The van der Waals surface area contributed by atoms with Crippen molar-refractivity contribution in [2.75, 3.05) is 13.2 Å². The largest absolute Gasteiger partial charge is 0.354 e. The van der Waals surface area contributed by atoms with E-state index in [9.17, 15) is 9.36 Å². The predicted molar refractivity (Wildman–Crippen MR) is 108 cm³/mol. The molecule has 0 fully saturated rings. The standard InChI is InChI=1S/C21H26NO4P/c1-3-25-27(24,26-4-2)20(16-11-17-23)22-21(18-12-7-5-8-13-18)19-14-9-6-10-15-19/h5-10,12-15,17,20H,3-4,11,16H2,1-2H3/t20-/m0/s1. The van der Waals surface area contributed by atoms with Gasteiger partial charge in [0.05, 0.1) is 18.9 Å². The third-order valence-electron chi connectivity index (χ3n) is 3.90. The first-order chi connectivity index (χ1) is 13.1. The Hall–Kier alpha value is -2.07. The number of aldehydes is 1. The molecule has 144 valence electrons. The summed E-state index contributed by atoms with van der Waals surface area (Å²) in [5, 5.41) is 0. The first-order valence-corrected chi connectivity index (χ1v) is 10.8. The van der Waals surface area contributed by atoms with Crippen molar-refractivity contribution >= 4 is 19.6 Å². The zero-order chi connectivity index (χ0) is 19.5. The van der Waals surface area contributed by atoms with E-state index in [0.717, 1.165) is 17.4 Å². The van der Waals surface area contributed by atoms with Crippen molar-refractivity contribution in [2.24, 2.45) is 4.99 Å². The van der Waals surface area contributed by atoms with Crippen molar-refractivity contribution in [3.63, 3.8) is 0 Å². The van der Waals surface area contributed by atoms with Crippen molar-refractivity contribution < 1.29 is 18.4 Å². The van der Waals surface area contributed by atoms with Crippen LogP contribution in [-0.2, 0) is 18.4 Å². The number of carbonyl (C=O) groups is 1. The number of hydrogen-bond acceptors (Lipinski definition) is 5. The Morgan fingerprint density at radius 2 is 1.44 bits per heavy atom. The maximum absolute atomic E-state index is 13.3. The molecule has 0 N–H and O–H groups in total. The maximum atomic E-state index is 13.3. The molecule has 2 aromatic carbocycles. The molecule has 6 heteroatoms. The number of rotatable bonds is 11. The first-order valence-electron chi connectivity index (χ1n) is 9.15. The SMILES string of the molecule is CCOP(=O)(OCC)[C@@H](CCC=O)N=C(c1ccccc1)c1ccccc1. The highest BCUT2D eigenvalue weighted by Crippen LogP contribution is 2.55. The van der Waals surface area contributed by atoms with Gasteiger partial charge < -0.3 is 13.8 Å². The molecular weight excluding hydrogens is 361 g/mol. The van der Waals surface area contributed by atoms with Crippen LogP contribution in [0.15, 0.2) is 65.7 Å². The number of aliphatic imine (C=N–C) groups is 1. The molecular formula is C21H26NO4P. The van der Waals surface area contributed by atoms with E-state index in [1.807, 2.05) is 60.7 Å². The molecule has 27 heavy (non-hydrogen) atoms. The molecule has 0 radical (unpaired) electrons. The fraction of sp³-hybridized carbons (Fsp3) is 0.333. The average Bonchev–Trinajstić information content (AvgIpc) is 2.70. The van der Waals surface area contributed by atoms with Crippen LogP contribution in [0.2, 0.25) is 0 Å². The Kier molecular flexibility index (Phi) is 8.59. The zero-order valence-corrected chi connectivity index (χ0v) is 16.7. The minimum absolute atomic E-state index is 0.231. The van der Waals surface area contributed by atoms with Crippen molar-refractivity contribution in [2.45, 2.75) is 32.5 Å². The molecule has 0 spiro atoms. The second kappa shape index (κ2) is 10.9. The molecule has 0 aliphatic rings. The average molecular weight is 387 g/mol. The van der Waals surface area contributed by atoms with Crippen molar-refractivity contribution in [3.05, 3.63) is 71.8 Å². The third-order valence-corrected chi connectivity index (χ3v) is 6.24. The molecule has 0 bridgehead atoms. The summed E-state index contributed by atoms with van der Waals surface area (Å²) < 4.78 is 24.4. The second-order valence-electron chi connectivity index (χ2n) is 5.81. The van der Waals surface area contributed by atoms with Crippen molar-refractivity contribution in [1.29, 1.82) is 0 Å². The molecule has 1 atom stereocenters. The van der Waals surface area contributed by atoms with E-state index in [1.165, 1.54) is 0 Å². The fourth-order valence-electron chi connectivity index (χ4n) is 2.74. The fourth-order valence-corrected chi connectivity index (χ4v) is 4.60. The summed E-state index contributed by atoms with van der Waals surface area (Å²) in [5.74, 6) is -0.752. The van der Waals surface area contributed by atoms with Gasteiger partial charge >= 0.3 is 7.60 Å². The smallest absolute Gasteiger partial charge is 0.307 e. The third kappa shape index (κ3) is 5.96. The Bertz CT molecular complexity index is 726. The van der Waals surface area contributed by atoms with E-state index in [-0.39, 0.29) is 19.6 Å². The van der Waals surface area contributed by atoms with Crippen LogP contribution >= 0.6 is 7.60 Å². The van der Waals surface area contributed by atoms with Crippen molar-refractivity contribution in [3.8, 4) is 0 Å². The number of benzene rings is 2. The van der Waals surface area contributed by atoms with Crippen LogP contribution in [0.5, 0.6) is 0 Å². The Balaban J connectivity index is 2.56. The summed E-state index contributed by atoms with van der Waals surface area (Å²) in [6.07, 6.45) is 1.33. The molecule has 0 saturated heterocycles. The molecule has 0 aliphatic heterocycles. The molecule has 2 rings (SSSR count). The van der Waals surface area contributed by atoms with Gasteiger partial charge in [-0.15, -0.1) is 0 Å². The zero-order valence-electron chi connectivity index (χ0n) is 15.8. The van der Waals surface area contributed by atoms with Crippen LogP contribution in [0.25, 0.3) is 0 Å². The van der Waals surface area contributed by atoms with Crippen LogP contribution in [0.1, 0.15) is 37.8 Å². The van der Waals surface area contributed by atoms with E-state index >= 15 is 0 Å². The van der Waals surface area contributed by atoms with Crippen LogP contribution in [0.4, 0.5) is 0 Å². The monoisotopic (exact) mass is 387 g/mol. The number of carbonyl (C=O) groups excluding carboxylic acids is 1. The predicted octanol–water partition coefficient (Wildman–Crippen LogP) is 5.10. The van der Waals surface area contributed by atoms with E-state index in [2.05, 4.69) is 0 Å². The van der Waals surface area contributed by atoms with Crippen LogP contribution in [0, 0.1) is 0 Å². The lowest BCUT2D eigenvalue weighted by Crippen LogP contribution is -2.16. The van der Waals surface area contributed by atoms with Gasteiger partial charge in [-0.1, -0.05) is 60.7 Å². The van der Waals surface area contributed by atoms with Gasteiger partial charge in [-0.05, 0) is 20.3 Å². The summed E-state index contributed by atoms with van der Waals surface area (Å²) >= 11 is 0. The van der Waals surface area contributed by atoms with Gasteiger partial charge in [0.2, 0.25) is 0 Å². The van der Waals surface area contributed by atoms with Gasteiger partial charge in [-0.3, -0.25) is 9.56 Å². The highest BCUT2D eigenvalue weighted by molar-refractivity contribution is 7.54. The molecule has 0 aromatic heterocycles. The minimum Gasteiger partial charge on any atom is -0.307 e. The van der Waals surface area contributed by atoms with E-state index in [4.69, 9.17) is 14.0 Å². The Morgan fingerprint density at radius 1 is 0.963 bits per heavy atom. The lowest BCUT2D eigenvalue weighted by molar-refractivity contribution is -0.107. The molecule has 2 aromatic rings. The van der Waals surface area contributed by atoms with Crippen LogP contribution in [-0.4, -0.2) is 31.0 Å². The van der Waals surface area contributed by atoms with Gasteiger partial charge in [-0.25, -0.2) is 0 Å². The minimum atomic E-state index is -3.50. The summed E-state index contributed by atoms with van der Waals surface area (Å²) in [5.41, 5.74) is 2.51. The summed E-state index contributed by atoms with van der Waals surface area (Å²) in [7, 11) is -3.50. The first kappa shape index (κ1) is 21.2. The van der Waals surface area contributed by atoms with Crippen LogP contribution < -0.4 is 0 Å². The van der Waals surface area contributed by atoms with E-state index < -0.39 is 13.4 Å². The number of hydrogen-bond donors (Lipinski definition) is 0. The molecule has 5 nitrogen and oxygen atoms in total. The quantitative estimate of drug-likeness (QED) is 0.306. The van der Waals surface area contributed by atoms with E-state index in [1.54, 1.807) is 13.8 Å². The number of nitrogens with zero attached hydrogens (tertiary/aromatic N) is 1. The molecule has 0 amide bonds. The summed E-state index contributed by atoms with van der Waals surface area (Å²) in [6.45, 7) is 4.02. The highest BCUT2D eigenvalue weighted by Gasteiger charge is 2.35. The maximum Gasteiger partial charge on any atom is 0.354 e. The Morgan fingerprint density at radius 3 is 1.85 bits per heavy atom. The molecule has 0 saturated carbocycles. The molecule has 0 heterocycles.